The summed E-state index contributed by atoms with van der Waals surface area (Å²) in [7, 11) is 0. The van der Waals surface area contributed by atoms with Crippen molar-refractivity contribution in [1.29, 1.82) is 0 Å². The maximum atomic E-state index is 5.77. The van der Waals surface area contributed by atoms with Gasteiger partial charge in [0.25, 0.3) is 0 Å². The Kier molecular flexibility index (Phi) is 2.33. The van der Waals surface area contributed by atoms with Crippen LogP contribution < -0.4 is 5.73 Å². The highest BCUT2D eigenvalue weighted by Gasteiger charge is 2.08. The van der Waals surface area contributed by atoms with Crippen molar-refractivity contribution in [2.75, 3.05) is 5.73 Å². The highest BCUT2D eigenvalue weighted by Crippen LogP contribution is 2.27. The molecule has 0 saturated carbocycles. The Morgan fingerprint density at radius 2 is 2.29 bits per heavy atom. The normalized spacial score (nSPS) is 11.1. The van der Waals surface area contributed by atoms with Gasteiger partial charge in [0.1, 0.15) is 5.82 Å². The fraction of sp³-hybridized carbons (Fsp3) is 0.167. The van der Waals surface area contributed by atoms with Gasteiger partial charge in [0.15, 0.2) is 5.13 Å². The summed E-state index contributed by atoms with van der Waals surface area (Å²) in [5, 5.41) is 0.944. The number of nitrogens with zero attached hydrogens (tertiary/aromatic N) is 3. The molecule has 2 heterocycles. The van der Waals surface area contributed by atoms with Gasteiger partial charge in [-0.1, -0.05) is 18.3 Å². The largest absolute Gasteiger partial charge is 0.399 e. The molecule has 17 heavy (non-hydrogen) atoms. The van der Waals surface area contributed by atoms with Gasteiger partial charge in [-0.2, -0.15) is 0 Å². The standard InChI is InChI=1S/C12H12N4S/c1-2-11-14-5-6-16(11)12-15-9-4-3-8(13)7-10(9)17-12/h3-7H,2,13H2,1H3. The third kappa shape index (κ3) is 1.68. The molecule has 0 atom stereocenters. The van der Waals surface area contributed by atoms with Crippen LogP contribution in [0.3, 0.4) is 0 Å². The second kappa shape index (κ2) is 3.85. The van der Waals surface area contributed by atoms with E-state index in [1.54, 1.807) is 17.5 Å². The van der Waals surface area contributed by atoms with Gasteiger partial charge in [-0.05, 0) is 18.2 Å². The highest BCUT2D eigenvalue weighted by molar-refractivity contribution is 7.20. The first-order chi connectivity index (χ1) is 8.28. The molecule has 3 aromatic rings. The van der Waals surface area contributed by atoms with E-state index in [1.165, 1.54) is 0 Å². The maximum Gasteiger partial charge on any atom is 0.196 e. The summed E-state index contributed by atoms with van der Waals surface area (Å²) in [6, 6.07) is 5.78. The van der Waals surface area contributed by atoms with Gasteiger partial charge < -0.3 is 5.73 Å². The lowest BCUT2D eigenvalue weighted by atomic mass is 10.3. The Balaban J connectivity index is 2.18. The number of hydrogen-bond acceptors (Lipinski definition) is 4. The van der Waals surface area contributed by atoms with Crippen molar-refractivity contribution in [3.8, 4) is 5.13 Å². The lowest BCUT2D eigenvalue weighted by Gasteiger charge is -1.99. The molecule has 2 N–H and O–H groups in total. The SMILES string of the molecule is CCc1nccn1-c1nc2ccc(N)cc2s1. The van der Waals surface area contributed by atoms with Crippen molar-refractivity contribution in [2.45, 2.75) is 13.3 Å². The van der Waals surface area contributed by atoms with Crippen LogP contribution >= 0.6 is 11.3 Å². The Morgan fingerprint density at radius 3 is 3.12 bits per heavy atom. The minimum absolute atomic E-state index is 0.772. The third-order valence-corrected chi connectivity index (χ3v) is 3.66. The molecule has 0 aliphatic carbocycles. The summed E-state index contributed by atoms with van der Waals surface area (Å²) < 4.78 is 3.14. The Hall–Kier alpha value is -1.88. The van der Waals surface area contributed by atoms with E-state index < -0.39 is 0 Å². The van der Waals surface area contributed by atoms with Gasteiger partial charge in [-0.15, -0.1) is 0 Å². The molecule has 0 aliphatic rings. The molecular formula is C12H12N4S. The van der Waals surface area contributed by atoms with E-state index in [0.29, 0.717) is 0 Å². The lowest BCUT2D eigenvalue weighted by Crippen LogP contribution is -1.97. The van der Waals surface area contributed by atoms with Crippen LogP contribution in [0.4, 0.5) is 5.69 Å². The minimum Gasteiger partial charge on any atom is -0.399 e. The molecule has 0 radical (unpaired) electrons. The third-order valence-electron chi connectivity index (χ3n) is 2.64. The molecule has 0 fully saturated rings. The van der Waals surface area contributed by atoms with Crippen molar-refractivity contribution in [2.24, 2.45) is 0 Å². The second-order valence-corrected chi connectivity index (χ2v) is 4.80. The van der Waals surface area contributed by atoms with Gasteiger partial charge in [0.2, 0.25) is 0 Å². The van der Waals surface area contributed by atoms with Crippen LogP contribution in [0.15, 0.2) is 30.6 Å². The van der Waals surface area contributed by atoms with E-state index in [9.17, 15) is 0 Å². The number of nitrogens with two attached hydrogens (primary N) is 1. The first-order valence-corrected chi connectivity index (χ1v) is 6.28. The van der Waals surface area contributed by atoms with Crippen LogP contribution in [0.2, 0.25) is 0 Å². The van der Waals surface area contributed by atoms with Crippen molar-refractivity contribution in [1.82, 2.24) is 14.5 Å². The molecule has 0 unspecified atom stereocenters. The summed E-state index contributed by atoms with van der Waals surface area (Å²) in [4.78, 5) is 8.89. The number of aromatic nitrogens is 3. The topological polar surface area (TPSA) is 56.7 Å². The summed E-state index contributed by atoms with van der Waals surface area (Å²) in [5.41, 5.74) is 7.52. The Bertz CT molecular complexity index is 668. The number of hydrogen-bond donors (Lipinski definition) is 1. The molecule has 1 aromatic carbocycles. The summed E-state index contributed by atoms with van der Waals surface area (Å²) in [5.74, 6) is 1.03. The van der Waals surface area contributed by atoms with Crippen molar-refractivity contribution in [3.05, 3.63) is 36.4 Å². The van der Waals surface area contributed by atoms with Crippen LogP contribution in [0.1, 0.15) is 12.7 Å². The fourth-order valence-electron chi connectivity index (χ4n) is 1.80. The molecule has 4 nitrogen and oxygen atoms in total. The summed E-state index contributed by atoms with van der Waals surface area (Å²) in [6.07, 6.45) is 4.64. The maximum absolute atomic E-state index is 5.77. The van der Waals surface area contributed by atoms with Crippen LogP contribution in [0.5, 0.6) is 0 Å². The number of aryl methyl sites for hydroxylation is 1. The van der Waals surface area contributed by atoms with Gasteiger partial charge >= 0.3 is 0 Å². The second-order valence-electron chi connectivity index (χ2n) is 3.79. The molecule has 86 valence electrons. The first-order valence-electron chi connectivity index (χ1n) is 5.46. The molecule has 2 aromatic heterocycles. The number of fused-ring (bicyclic) bond motifs is 1. The zero-order valence-electron chi connectivity index (χ0n) is 9.42. The molecule has 0 aliphatic heterocycles. The fourth-order valence-corrected chi connectivity index (χ4v) is 2.82. The number of anilines is 1. The van der Waals surface area contributed by atoms with Crippen LogP contribution in [0, 0.1) is 0 Å². The van der Waals surface area contributed by atoms with E-state index in [1.807, 2.05) is 29.0 Å². The van der Waals surface area contributed by atoms with E-state index in [4.69, 9.17) is 5.73 Å². The average molecular weight is 244 g/mol. The van der Waals surface area contributed by atoms with Crippen molar-refractivity contribution < 1.29 is 0 Å². The predicted molar refractivity (Wildman–Crippen MR) is 70.5 cm³/mol. The van der Waals surface area contributed by atoms with Gasteiger partial charge in [0.05, 0.1) is 10.2 Å². The van der Waals surface area contributed by atoms with E-state index >= 15 is 0 Å². The predicted octanol–water partition coefficient (Wildman–Crippen LogP) is 2.63. The smallest absolute Gasteiger partial charge is 0.196 e. The van der Waals surface area contributed by atoms with E-state index in [2.05, 4.69) is 16.9 Å². The Labute approximate surface area is 103 Å². The first kappa shape index (κ1) is 10.3. The zero-order chi connectivity index (χ0) is 11.8. The molecule has 0 amide bonds. The molecule has 3 rings (SSSR count). The molecule has 0 bridgehead atoms. The number of nitrogen functional groups attached to an aromatic ring is 1. The van der Waals surface area contributed by atoms with Gasteiger partial charge in [0, 0.05) is 24.5 Å². The van der Waals surface area contributed by atoms with E-state index in [0.717, 1.165) is 33.3 Å². The number of benzene rings is 1. The van der Waals surface area contributed by atoms with Gasteiger partial charge in [-0.3, -0.25) is 4.57 Å². The summed E-state index contributed by atoms with van der Waals surface area (Å²) in [6.45, 7) is 2.09. The zero-order valence-corrected chi connectivity index (χ0v) is 10.2. The molecule has 0 spiro atoms. The number of imidazole rings is 1. The number of rotatable bonds is 2. The minimum atomic E-state index is 0.772. The van der Waals surface area contributed by atoms with Crippen molar-refractivity contribution in [3.63, 3.8) is 0 Å². The molecular weight excluding hydrogens is 232 g/mol. The van der Waals surface area contributed by atoms with Gasteiger partial charge in [-0.25, -0.2) is 9.97 Å². The van der Waals surface area contributed by atoms with Crippen molar-refractivity contribution >= 4 is 27.2 Å². The quantitative estimate of drug-likeness (QED) is 0.705. The highest BCUT2D eigenvalue weighted by atomic mass is 32.1. The van der Waals surface area contributed by atoms with Crippen LogP contribution in [-0.4, -0.2) is 14.5 Å². The van der Waals surface area contributed by atoms with Crippen LogP contribution in [-0.2, 0) is 6.42 Å². The lowest BCUT2D eigenvalue weighted by molar-refractivity contribution is 0.886. The monoisotopic (exact) mass is 244 g/mol. The average Bonchev–Trinajstić information content (AvgIpc) is 2.93. The van der Waals surface area contributed by atoms with E-state index in [-0.39, 0.29) is 0 Å². The van der Waals surface area contributed by atoms with Crippen LogP contribution in [0.25, 0.3) is 15.3 Å². The Morgan fingerprint density at radius 1 is 1.41 bits per heavy atom. The number of thiazole rings is 1. The molecule has 5 heteroatoms. The molecule has 0 saturated heterocycles. The summed E-state index contributed by atoms with van der Waals surface area (Å²) >= 11 is 1.63.